The van der Waals surface area contributed by atoms with Gasteiger partial charge in [-0.3, -0.25) is 4.79 Å². The molecule has 0 atom stereocenters. The summed E-state index contributed by atoms with van der Waals surface area (Å²) < 4.78 is 4.90. The highest BCUT2D eigenvalue weighted by atomic mass is 16.5. The molecule has 1 aliphatic rings. The fourth-order valence-electron chi connectivity index (χ4n) is 4.36. The van der Waals surface area contributed by atoms with Gasteiger partial charge < -0.3 is 9.64 Å². The molecule has 4 rings (SSSR count). The number of carbonyl (C=O) groups is 1. The average molecular weight is 386 g/mol. The molecule has 0 spiro atoms. The van der Waals surface area contributed by atoms with E-state index in [4.69, 9.17) is 4.74 Å². The summed E-state index contributed by atoms with van der Waals surface area (Å²) in [5.74, 6) is 1.58. The Labute approximate surface area is 172 Å². The van der Waals surface area contributed by atoms with Crippen LogP contribution in [0.2, 0.25) is 0 Å². The minimum absolute atomic E-state index is 0.397. The number of benzene rings is 3. The normalized spacial score (nSPS) is 15.3. The van der Waals surface area contributed by atoms with E-state index in [1.165, 1.54) is 16.7 Å². The summed E-state index contributed by atoms with van der Waals surface area (Å²) in [6.07, 6.45) is 2.31. The summed E-state index contributed by atoms with van der Waals surface area (Å²) in [5.41, 5.74) is 4.10. The Hall–Kier alpha value is -2.91. The molecule has 1 aliphatic heterocycles. The number of hydrogen-bond donors (Lipinski definition) is 0. The van der Waals surface area contributed by atoms with Crippen molar-refractivity contribution in [1.82, 2.24) is 4.90 Å². The van der Waals surface area contributed by atoms with Gasteiger partial charge in [0, 0.05) is 12.5 Å². The number of piperidine rings is 1. The van der Waals surface area contributed by atoms with Gasteiger partial charge in [0.2, 0.25) is 0 Å². The number of likely N-dealkylation sites (tertiary alicyclic amines) is 1. The van der Waals surface area contributed by atoms with Crippen molar-refractivity contribution in [3.63, 3.8) is 0 Å². The Morgan fingerprint density at radius 1 is 0.828 bits per heavy atom. The molecule has 3 aromatic carbocycles. The predicted molar refractivity (Wildman–Crippen MR) is 116 cm³/mol. The number of hydrogen-bond acceptors (Lipinski definition) is 3. The summed E-state index contributed by atoms with van der Waals surface area (Å²) in [6.45, 7) is 3.73. The van der Waals surface area contributed by atoms with E-state index < -0.39 is 0 Å². The van der Waals surface area contributed by atoms with Crippen molar-refractivity contribution in [1.29, 1.82) is 0 Å². The lowest BCUT2D eigenvalue weighted by atomic mass is 9.87. The molecule has 1 saturated heterocycles. The Morgan fingerprint density at radius 2 is 1.38 bits per heavy atom. The van der Waals surface area contributed by atoms with Crippen LogP contribution in [-0.2, 0) is 4.79 Å². The summed E-state index contributed by atoms with van der Waals surface area (Å²) in [6, 6.07) is 29.6. The van der Waals surface area contributed by atoms with Crippen LogP contribution in [0.15, 0.2) is 84.9 Å². The zero-order valence-electron chi connectivity index (χ0n) is 16.6. The van der Waals surface area contributed by atoms with Gasteiger partial charge in [-0.15, -0.1) is 0 Å². The van der Waals surface area contributed by atoms with Crippen molar-refractivity contribution < 1.29 is 9.53 Å². The van der Waals surface area contributed by atoms with E-state index in [-0.39, 0.29) is 0 Å². The highest BCUT2D eigenvalue weighted by Gasteiger charge is 2.24. The monoisotopic (exact) mass is 385 g/mol. The van der Waals surface area contributed by atoms with Gasteiger partial charge in [-0.25, -0.2) is 0 Å². The molecule has 1 fully saturated rings. The maximum Gasteiger partial charge on any atom is 0.298 e. The predicted octanol–water partition coefficient (Wildman–Crippen LogP) is 5.23. The van der Waals surface area contributed by atoms with Crippen molar-refractivity contribution in [2.75, 3.05) is 19.6 Å². The third-order valence-corrected chi connectivity index (χ3v) is 5.97. The maximum atomic E-state index is 10.5. The zero-order chi connectivity index (χ0) is 19.9. The molecule has 29 heavy (non-hydrogen) atoms. The van der Waals surface area contributed by atoms with Gasteiger partial charge in [-0.05, 0) is 60.7 Å². The van der Waals surface area contributed by atoms with Crippen LogP contribution >= 0.6 is 0 Å². The van der Waals surface area contributed by atoms with Crippen molar-refractivity contribution in [2.24, 2.45) is 0 Å². The van der Waals surface area contributed by atoms with Crippen LogP contribution in [0.5, 0.6) is 5.75 Å². The highest BCUT2D eigenvalue weighted by molar-refractivity contribution is 5.45. The SMILES string of the molecule is O=COc1ccc(C2CCN(CC(c3ccccc3)c3ccccc3)CC2)cc1. The second kappa shape index (κ2) is 9.53. The smallest absolute Gasteiger partial charge is 0.298 e. The van der Waals surface area contributed by atoms with Crippen LogP contribution in [-0.4, -0.2) is 31.0 Å². The minimum Gasteiger partial charge on any atom is -0.429 e. The van der Waals surface area contributed by atoms with Crippen LogP contribution in [0.1, 0.15) is 41.4 Å². The Kier molecular flexibility index (Phi) is 6.38. The van der Waals surface area contributed by atoms with E-state index in [1.54, 1.807) is 0 Å². The lowest BCUT2D eigenvalue weighted by Crippen LogP contribution is -2.36. The highest BCUT2D eigenvalue weighted by Crippen LogP contribution is 2.32. The molecular weight excluding hydrogens is 358 g/mol. The van der Waals surface area contributed by atoms with Gasteiger partial charge in [-0.2, -0.15) is 0 Å². The molecule has 0 amide bonds. The molecule has 3 nitrogen and oxygen atoms in total. The van der Waals surface area contributed by atoms with Crippen molar-refractivity contribution in [2.45, 2.75) is 24.7 Å². The molecule has 0 unspecified atom stereocenters. The van der Waals surface area contributed by atoms with Gasteiger partial charge in [0.25, 0.3) is 6.47 Å². The first-order valence-electron chi connectivity index (χ1n) is 10.4. The van der Waals surface area contributed by atoms with E-state index >= 15 is 0 Å². The molecule has 0 radical (unpaired) electrons. The fourth-order valence-corrected chi connectivity index (χ4v) is 4.36. The van der Waals surface area contributed by atoms with Crippen LogP contribution in [0, 0.1) is 0 Å². The molecule has 0 aliphatic carbocycles. The molecular formula is C26H27NO2. The van der Waals surface area contributed by atoms with E-state index in [0.717, 1.165) is 32.5 Å². The van der Waals surface area contributed by atoms with E-state index in [9.17, 15) is 4.79 Å². The van der Waals surface area contributed by atoms with Gasteiger partial charge in [0.05, 0.1) is 0 Å². The van der Waals surface area contributed by atoms with E-state index in [0.29, 0.717) is 24.1 Å². The van der Waals surface area contributed by atoms with Gasteiger partial charge in [-0.1, -0.05) is 72.8 Å². The summed E-state index contributed by atoms with van der Waals surface area (Å²) in [7, 11) is 0. The number of ether oxygens (including phenoxy) is 1. The second-order valence-corrected chi connectivity index (χ2v) is 7.73. The third-order valence-electron chi connectivity index (χ3n) is 5.97. The number of rotatable bonds is 7. The first-order valence-corrected chi connectivity index (χ1v) is 10.4. The summed E-state index contributed by atoms with van der Waals surface area (Å²) in [4.78, 5) is 13.1. The van der Waals surface area contributed by atoms with Crippen LogP contribution in [0.25, 0.3) is 0 Å². The number of nitrogens with zero attached hydrogens (tertiary/aromatic N) is 1. The largest absolute Gasteiger partial charge is 0.429 e. The molecule has 0 aromatic heterocycles. The van der Waals surface area contributed by atoms with Crippen LogP contribution in [0.4, 0.5) is 0 Å². The average Bonchev–Trinajstić information content (AvgIpc) is 2.80. The first kappa shape index (κ1) is 19.4. The molecule has 1 heterocycles. The van der Waals surface area contributed by atoms with Crippen LogP contribution in [0.3, 0.4) is 0 Å². The number of carbonyl (C=O) groups excluding carboxylic acids is 1. The van der Waals surface area contributed by atoms with Crippen molar-refractivity contribution >= 4 is 6.47 Å². The van der Waals surface area contributed by atoms with Gasteiger partial charge >= 0.3 is 0 Å². The fraction of sp³-hybridized carbons (Fsp3) is 0.269. The summed E-state index contributed by atoms with van der Waals surface area (Å²) >= 11 is 0. The van der Waals surface area contributed by atoms with Crippen molar-refractivity contribution in [3.05, 3.63) is 102 Å². The third kappa shape index (κ3) is 4.93. The standard InChI is InChI=1S/C26H27NO2/c28-20-29-25-13-11-21(12-14-25)22-15-17-27(18-16-22)19-26(23-7-3-1-4-8-23)24-9-5-2-6-10-24/h1-14,20,22,26H,15-19H2. The Bertz CT molecular complexity index is 846. The zero-order valence-corrected chi connectivity index (χ0v) is 16.6. The lowest BCUT2D eigenvalue weighted by molar-refractivity contribution is -0.120. The van der Waals surface area contributed by atoms with Gasteiger partial charge in [0.15, 0.2) is 0 Å². The lowest BCUT2D eigenvalue weighted by Gasteiger charge is -2.35. The molecule has 0 saturated carbocycles. The van der Waals surface area contributed by atoms with E-state index in [2.05, 4.69) is 77.7 Å². The van der Waals surface area contributed by atoms with Gasteiger partial charge in [0.1, 0.15) is 5.75 Å². The molecule has 3 heteroatoms. The molecule has 0 N–H and O–H groups in total. The molecule has 148 valence electrons. The quantitative estimate of drug-likeness (QED) is 0.521. The maximum absolute atomic E-state index is 10.5. The van der Waals surface area contributed by atoms with Crippen molar-refractivity contribution in [3.8, 4) is 5.75 Å². The Morgan fingerprint density at radius 3 is 1.90 bits per heavy atom. The van der Waals surface area contributed by atoms with Crippen LogP contribution < -0.4 is 4.74 Å². The second-order valence-electron chi connectivity index (χ2n) is 7.73. The molecule has 3 aromatic rings. The first-order chi connectivity index (χ1) is 14.3. The Balaban J connectivity index is 1.41. The minimum atomic E-state index is 0.397. The van der Waals surface area contributed by atoms with E-state index in [1.807, 2.05) is 12.1 Å². The molecule has 0 bridgehead atoms. The topological polar surface area (TPSA) is 29.5 Å². The summed E-state index contributed by atoms with van der Waals surface area (Å²) in [5, 5.41) is 0.